The number of carboxylic acid groups (broad SMARTS) is 1. The molecule has 0 aliphatic rings. The predicted molar refractivity (Wildman–Crippen MR) is 119 cm³/mol. The number of nitrogens with one attached hydrogen (secondary N) is 3. The van der Waals surface area contributed by atoms with Gasteiger partial charge in [-0.1, -0.05) is 30.3 Å². The molecule has 1 aromatic rings. The average Bonchev–Trinajstić information content (AvgIpc) is 2.78. The molecule has 13 nitrogen and oxygen atoms in total. The second-order valence-electron chi connectivity index (χ2n) is 7.67. The van der Waals surface area contributed by atoms with E-state index in [1.807, 2.05) is 0 Å². The fraction of sp³-hybridized carbons (Fsp3) is 0.476. The molecule has 188 valence electrons. The van der Waals surface area contributed by atoms with Crippen LogP contribution in [0, 0.1) is 0 Å². The lowest BCUT2D eigenvalue weighted by atomic mass is 10.1. The van der Waals surface area contributed by atoms with Crippen LogP contribution in [0.2, 0.25) is 0 Å². The van der Waals surface area contributed by atoms with Gasteiger partial charge in [-0.05, 0) is 18.9 Å². The second kappa shape index (κ2) is 13.9. The van der Waals surface area contributed by atoms with Crippen molar-refractivity contribution in [3.8, 4) is 0 Å². The van der Waals surface area contributed by atoms with E-state index in [4.69, 9.17) is 11.5 Å². The Hall–Kier alpha value is -3.55. The molecule has 0 saturated heterocycles. The highest BCUT2D eigenvalue weighted by molar-refractivity contribution is 5.94. The lowest BCUT2D eigenvalue weighted by Gasteiger charge is -2.25. The Labute approximate surface area is 195 Å². The number of hydrogen-bond acceptors (Lipinski definition) is 8. The Morgan fingerprint density at radius 3 is 2.03 bits per heavy atom. The van der Waals surface area contributed by atoms with Gasteiger partial charge in [0.25, 0.3) is 0 Å². The van der Waals surface area contributed by atoms with Crippen molar-refractivity contribution >= 4 is 29.6 Å². The molecule has 34 heavy (non-hydrogen) atoms. The van der Waals surface area contributed by atoms with E-state index in [-0.39, 0.29) is 19.3 Å². The highest BCUT2D eigenvalue weighted by atomic mass is 16.4. The maximum absolute atomic E-state index is 12.6. The summed E-state index contributed by atoms with van der Waals surface area (Å²) in [6, 6.07) is 2.88. The summed E-state index contributed by atoms with van der Waals surface area (Å²) in [7, 11) is 0. The minimum absolute atomic E-state index is 0.0381. The van der Waals surface area contributed by atoms with E-state index in [0.29, 0.717) is 5.56 Å². The molecule has 0 spiro atoms. The molecule has 13 heteroatoms. The number of amides is 4. The quantitative estimate of drug-likeness (QED) is 0.133. The third kappa shape index (κ3) is 9.52. The third-order valence-corrected chi connectivity index (χ3v) is 4.81. The topological polar surface area (TPSA) is 234 Å². The van der Waals surface area contributed by atoms with E-state index in [0.717, 1.165) is 0 Å². The van der Waals surface area contributed by atoms with Crippen LogP contribution in [0.5, 0.6) is 0 Å². The van der Waals surface area contributed by atoms with Crippen LogP contribution < -0.4 is 27.4 Å². The van der Waals surface area contributed by atoms with Crippen LogP contribution in [0.1, 0.15) is 25.3 Å². The highest BCUT2D eigenvalue weighted by Gasteiger charge is 2.32. The van der Waals surface area contributed by atoms with Gasteiger partial charge in [0.05, 0.1) is 18.8 Å². The SMILES string of the molecule is CC(O)C(NC(=O)C(N)CCC(N)=O)C(=O)NC(CO)C(=O)NC(Cc1ccccc1)C(=O)O. The van der Waals surface area contributed by atoms with E-state index in [1.165, 1.54) is 6.92 Å². The van der Waals surface area contributed by atoms with Gasteiger partial charge < -0.3 is 42.7 Å². The molecule has 5 unspecified atom stereocenters. The van der Waals surface area contributed by atoms with Crippen LogP contribution in [-0.2, 0) is 30.4 Å². The summed E-state index contributed by atoms with van der Waals surface area (Å²) in [6.45, 7) is 0.321. The van der Waals surface area contributed by atoms with Crippen molar-refractivity contribution in [1.29, 1.82) is 0 Å². The zero-order valence-corrected chi connectivity index (χ0v) is 18.6. The summed E-state index contributed by atoms with van der Waals surface area (Å²) in [6.07, 6.45) is -1.71. The fourth-order valence-electron chi connectivity index (χ4n) is 2.87. The molecule has 5 atom stereocenters. The van der Waals surface area contributed by atoms with Gasteiger partial charge in [-0.25, -0.2) is 4.79 Å². The Morgan fingerprint density at radius 1 is 0.941 bits per heavy atom. The zero-order valence-electron chi connectivity index (χ0n) is 18.6. The van der Waals surface area contributed by atoms with Crippen molar-refractivity contribution in [1.82, 2.24) is 16.0 Å². The van der Waals surface area contributed by atoms with Crippen molar-refractivity contribution in [3.63, 3.8) is 0 Å². The van der Waals surface area contributed by atoms with Crippen LogP contribution in [-0.4, -0.2) is 81.8 Å². The van der Waals surface area contributed by atoms with E-state index in [1.54, 1.807) is 30.3 Å². The number of aliphatic hydroxyl groups excluding tert-OH is 2. The number of benzene rings is 1. The van der Waals surface area contributed by atoms with Crippen molar-refractivity contribution in [2.75, 3.05) is 6.61 Å². The third-order valence-electron chi connectivity index (χ3n) is 4.81. The number of rotatable bonds is 14. The second-order valence-corrected chi connectivity index (χ2v) is 7.67. The van der Waals surface area contributed by atoms with Crippen molar-refractivity contribution in [2.24, 2.45) is 11.5 Å². The molecule has 1 aromatic carbocycles. The number of nitrogens with two attached hydrogens (primary N) is 2. The van der Waals surface area contributed by atoms with Crippen LogP contribution in [0.15, 0.2) is 30.3 Å². The first-order valence-electron chi connectivity index (χ1n) is 10.5. The first-order chi connectivity index (χ1) is 16.0. The number of carbonyl (C=O) groups excluding carboxylic acids is 4. The van der Waals surface area contributed by atoms with Crippen LogP contribution in [0.25, 0.3) is 0 Å². The van der Waals surface area contributed by atoms with Gasteiger partial charge in [0.2, 0.25) is 23.6 Å². The Bertz CT molecular complexity index is 864. The lowest BCUT2D eigenvalue weighted by Crippen LogP contribution is -2.60. The van der Waals surface area contributed by atoms with Gasteiger partial charge in [0.1, 0.15) is 18.1 Å². The molecule has 0 fully saturated rings. The normalized spacial score (nSPS) is 15.2. The highest BCUT2D eigenvalue weighted by Crippen LogP contribution is 2.05. The minimum atomic E-state index is -1.56. The fourth-order valence-corrected chi connectivity index (χ4v) is 2.87. The first kappa shape index (κ1) is 28.5. The monoisotopic (exact) mass is 481 g/mol. The Balaban J connectivity index is 2.81. The van der Waals surface area contributed by atoms with E-state index in [9.17, 15) is 39.3 Å². The maximum Gasteiger partial charge on any atom is 0.326 e. The zero-order chi connectivity index (χ0) is 25.8. The van der Waals surface area contributed by atoms with Gasteiger partial charge in [0, 0.05) is 12.8 Å². The standard InChI is InChI=1S/C21H31N5O8/c1-11(28)17(26-18(30)13(22)7-8-16(23)29)20(32)25-15(10-27)19(31)24-14(21(33)34)9-12-5-3-2-4-6-12/h2-6,11,13-15,17,27-28H,7-10,22H2,1H3,(H2,23,29)(H,24,31)(H,25,32)(H,26,30)(H,33,34). The summed E-state index contributed by atoms with van der Waals surface area (Å²) in [5, 5.41) is 35.5. The molecule has 0 radical (unpaired) electrons. The number of carboxylic acids is 1. The molecular weight excluding hydrogens is 450 g/mol. The molecule has 4 amide bonds. The maximum atomic E-state index is 12.6. The lowest BCUT2D eigenvalue weighted by molar-refractivity contribution is -0.142. The van der Waals surface area contributed by atoms with Crippen molar-refractivity contribution in [2.45, 2.75) is 56.5 Å². The summed E-state index contributed by atoms with van der Waals surface area (Å²) in [5.74, 6) is -4.83. The van der Waals surface area contributed by atoms with Crippen LogP contribution >= 0.6 is 0 Å². The van der Waals surface area contributed by atoms with Gasteiger partial charge >= 0.3 is 5.97 Å². The molecule has 0 aromatic heterocycles. The molecule has 0 bridgehead atoms. The van der Waals surface area contributed by atoms with Gasteiger partial charge in [-0.3, -0.25) is 19.2 Å². The molecule has 0 aliphatic heterocycles. The Morgan fingerprint density at radius 2 is 1.53 bits per heavy atom. The summed E-state index contributed by atoms with van der Waals surface area (Å²) in [4.78, 5) is 59.7. The van der Waals surface area contributed by atoms with Crippen LogP contribution in [0.3, 0.4) is 0 Å². The Kier molecular flexibility index (Phi) is 11.6. The van der Waals surface area contributed by atoms with E-state index in [2.05, 4.69) is 16.0 Å². The predicted octanol–water partition coefficient (Wildman–Crippen LogP) is -3.27. The average molecular weight is 482 g/mol. The van der Waals surface area contributed by atoms with Crippen molar-refractivity contribution < 1.29 is 39.3 Å². The van der Waals surface area contributed by atoms with E-state index >= 15 is 0 Å². The number of primary amides is 1. The first-order valence-corrected chi connectivity index (χ1v) is 10.5. The molecule has 0 saturated carbocycles. The number of aliphatic hydroxyl groups is 2. The molecule has 0 aliphatic carbocycles. The number of aliphatic carboxylic acids is 1. The molecule has 0 heterocycles. The van der Waals surface area contributed by atoms with Crippen molar-refractivity contribution in [3.05, 3.63) is 35.9 Å². The van der Waals surface area contributed by atoms with Crippen LogP contribution in [0.4, 0.5) is 0 Å². The number of carbonyl (C=O) groups is 5. The summed E-state index contributed by atoms with van der Waals surface area (Å²) in [5.41, 5.74) is 11.3. The van der Waals surface area contributed by atoms with Gasteiger partial charge in [-0.15, -0.1) is 0 Å². The largest absolute Gasteiger partial charge is 0.480 e. The molecule has 1 rings (SSSR count). The van der Waals surface area contributed by atoms with Gasteiger partial charge in [0.15, 0.2) is 0 Å². The molecule has 10 N–H and O–H groups in total. The molecular formula is C21H31N5O8. The minimum Gasteiger partial charge on any atom is -0.480 e. The smallest absolute Gasteiger partial charge is 0.326 e. The van der Waals surface area contributed by atoms with Gasteiger partial charge in [-0.2, -0.15) is 0 Å². The number of hydrogen-bond donors (Lipinski definition) is 8. The summed E-state index contributed by atoms with van der Waals surface area (Å²) < 4.78 is 0. The summed E-state index contributed by atoms with van der Waals surface area (Å²) >= 11 is 0. The van der Waals surface area contributed by atoms with E-state index < -0.39 is 66.5 Å².